The molecule has 1 aromatic carbocycles. The minimum atomic E-state index is -1.17. The van der Waals surface area contributed by atoms with Gasteiger partial charge in [-0.3, -0.25) is 9.69 Å². The fourth-order valence-corrected chi connectivity index (χ4v) is 4.48. The van der Waals surface area contributed by atoms with Crippen LogP contribution in [0.3, 0.4) is 0 Å². The minimum Gasteiger partial charge on any atom is -0.375 e. The van der Waals surface area contributed by atoms with E-state index >= 15 is 4.39 Å². The Morgan fingerprint density at radius 1 is 1.24 bits per heavy atom. The number of rotatable bonds is 3. The summed E-state index contributed by atoms with van der Waals surface area (Å²) in [6.45, 7) is 0.130. The Morgan fingerprint density at radius 2 is 2.00 bits per heavy atom. The Balaban J connectivity index is 1.64. The molecule has 3 heterocycles. The summed E-state index contributed by atoms with van der Waals surface area (Å²) >= 11 is 0. The number of amides is 1. The van der Waals surface area contributed by atoms with Gasteiger partial charge in [0.15, 0.2) is 5.96 Å². The lowest BCUT2D eigenvalue weighted by atomic mass is 9.71. The summed E-state index contributed by atoms with van der Waals surface area (Å²) in [6, 6.07) is 4.78. The van der Waals surface area contributed by atoms with E-state index < -0.39 is 17.3 Å². The lowest BCUT2D eigenvalue weighted by Crippen LogP contribution is -2.60. The summed E-state index contributed by atoms with van der Waals surface area (Å²) < 4.78 is 21.3. The van der Waals surface area contributed by atoms with Crippen molar-refractivity contribution < 1.29 is 13.9 Å². The summed E-state index contributed by atoms with van der Waals surface area (Å²) in [4.78, 5) is 27.3. The van der Waals surface area contributed by atoms with E-state index in [2.05, 4.69) is 15.0 Å². The Bertz CT molecular complexity index is 994. The van der Waals surface area contributed by atoms with Gasteiger partial charge in [0.25, 0.3) is 0 Å². The quantitative estimate of drug-likeness (QED) is 0.859. The third kappa shape index (κ3) is 2.90. The molecule has 2 aliphatic heterocycles. The molecule has 1 aromatic heterocycles. The number of ether oxygens (including phenoxy) is 1. The second-order valence-electron chi connectivity index (χ2n) is 8.09. The van der Waals surface area contributed by atoms with Gasteiger partial charge in [0.05, 0.1) is 18.6 Å². The molecule has 0 unspecified atom stereocenters. The van der Waals surface area contributed by atoms with Crippen molar-refractivity contribution in [2.24, 2.45) is 22.6 Å². The molecule has 1 aliphatic carbocycles. The van der Waals surface area contributed by atoms with Gasteiger partial charge in [-0.25, -0.2) is 19.4 Å². The summed E-state index contributed by atoms with van der Waals surface area (Å²) in [6.07, 6.45) is 7.51. The number of carbonyl (C=O) groups excluding carboxylic acids is 1. The van der Waals surface area contributed by atoms with Gasteiger partial charge in [-0.1, -0.05) is 6.07 Å². The van der Waals surface area contributed by atoms with Crippen molar-refractivity contribution in [3.05, 3.63) is 48.3 Å². The molecule has 3 atom stereocenters. The van der Waals surface area contributed by atoms with Gasteiger partial charge in [0.2, 0.25) is 5.91 Å². The number of carbonyl (C=O) groups is 1. The molecule has 2 fully saturated rings. The fraction of sp³-hybridized carbons (Fsp3) is 0.429. The van der Waals surface area contributed by atoms with Crippen molar-refractivity contribution in [1.82, 2.24) is 14.9 Å². The number of fused-ring (bicyclic) bond motifs is 1. The second kappa shape index (κ2) is 6.59. The molecule has 2 aromatic rings. The molecule has 5 rings (SSSR count). The van der Waals surface area contributed by atoms with E-state index in [0.29, 0.717) is 17.9 Å². The highest BCUT2D eigenvalue weighted by molar-refractivity contribution is 6.00. The number of nitrogens with zero attached hydrogens (tertiary/aromatic N) is 4. The molecular formula is C21H22FN5O2. The predicted molar refractivity (Wildman–Crippen MR) is 104 cm³/mol. The number of halogens is 1. The lowest BCUT2D eigenvalue weighted by Gasteiger charge is -2.47. The molecule has 8 heteroatoms. The van der Waals surface area contributed by atoms with Crippen molar-refractivity contribution >= 4 is 11.9 Å². The molecule has 7 nitrogen and oxygen atoms in total. The van der Waals surface area contributed by atoms with Crippen molar-refractivity contribution in [2.45, 2.75) is 30.9 Å². The Kier molecular flexibility index (Phi) is 4.13. The molecular weight excluding hydrogens is 373 g/mol. The van der Waals surface area contributed by atoms with Crippen LogP contribution in [0.25, 0.3) is 11.1 Å². The molecule has 2 N–H and O–H groups in total. The standard InChI is InChI=1S/C21H22FN5O2/c1-27-19(28)16-7-18(12-2-3-12)29-10-21(16,26-20(27)23)15-6-13(4-5-17(15)22)14-8-24-11-25-9-14/h4-6,8-9,11-12,16,18H,2-3,7,10H2,1H3,(H2,23,26)/t16-,18+,21+/m0/s1. The first-order valence-corrected chi connectivity index (χ1v) is 9.79. The maximum atomic E-state index is 15.1. The van der Waals surface area contributed by atoms with Crippen LogP contribution in [0.5, 0.6) is 0 Å². The predicted octanol–water partition coefficient (Wildman–Crippen LogP) is 2.08. The molecule has 0 spiro atoms. The Labute approximate surface area is 167 Å². The highest BCUT2D eigenvalue weighted by Crippen LogP contribution is 2.49. The van der Waals surface area contributed by atoms with Crippen LogP contribution in [0.2, 0.25) is 0 Å². The molecule has 0 bridgehead atoms. The zero-order valence-corrected chi connectivity index (χ0v) is 16.1. The zero-order valence-electron chi connectivity index (χ0n) is 16.1. The topological polar surface area (TPSA) is 93.7 Å². The number of benzene rings is 1. The van der Waals surface area contributed by atoms with Gasteiger partial charge in [-0.05, 0) is 42.9 Å². The molecule has 0 radical (unpaired) electrons. The number of aliphatic imine (C=N–C) groups is 1. The SMILES string of the molecule is CN1C(=O)[C@@H]2C[C@H](C3CC3)OC[C@]2(c2cc(-c3cncnc3)ccc2F)N=C1N. The van der Waals surface area contributed by atoms with Crippen LogP contribution in [0.1, 0.15) is 24.8 Å². The van der Waals surface area contributed by atoms with Crippen LogP contribution < -0.4 is 5.73 Å². The van der Waals surface area contributed by atoms with Crippen molar-refractivity contribution in [1.29, 1.82) is 0 Å². The number of guanidine groups is 1. The van der Waals surface area contributed by atoms with Gasteiger partial charge in [0.1, 0.15) is 17.7 Å². The van der Waals surface area contributed by atoms with E-state index in [1.54, 1.807) is 31.6 Å². The summed E-state index contributed by atoms with van der Waals surface area (Å²) in [5.74, 6) is -0.534. The molecule has 1 amide bonds. The van der Waals surface area contributed by atoms with Crippen LogP contribution >= 0.6 is 0 Å². The van der Waals surface area contributed by atoms with Crippen LogP contribution in [0.15, 0.2) is 41.9 Å². The van der Waals surface area contributed by atoms with Gasteiger partial charge >= 0.3 is 0 Å². The van der Waals surface area contributed by atoms with Gasteiger partial charge < -0.3 is 10.5 Å². The van der Waals surface area contributed by atoms with E-state index in [-0.39, 0.29) is 24.6 Å². The largest absolute Gasteiger partial charge is 0.375 e. The number of hydrogen-bond acceptors (Lipinski definition) is 6. The Hall–Kier alpha value is -2.87. The van der Waals surface area contributed by atoms with Crippen LogP contribution in [-0.4, -0.2) is 46.5 Å². The summed E-state index contributed by atoms with van der Waals surface area (Å²) in [7, 11) is 1.61. The summed E-state index contributed by atoms with van der Waals surface area (Å²) in [5.41, 5.74) is 6.72. The van der Waals surface area contributed by atoms with Gasteiger partial charge in [-0.15, -0.1) is 0 Å². The first-order chi connectivity index (χ1) is 14.0. The van der Waals surface area contributed by atoms with Gasteiger partial charge in [-0.2, -0.15) is 0 Å². The Morgan fingerprint density at radius 3 is 2.72 bits per heavy atom. The molecule has 3 aliphatic rings. The third-order valence-corrected chi connectivity index (χ3v) is 6.32. The normalized spacial score (nSPS) is 29.4. The van der Waals surface area contributed by atoms with E-state index in [9.17, 15) is 4.79 Å². The van der Waals surface area contributed by atoms with Crippen LogP contribution in [0, 0.1) is 17.7 Å². The maximum Gasteiger partial charge on any atom is 0.235 e. The molecule has 150 valence electrons. The lowest BCUT2D eigenvalue weighted by molar-refractivity contribution is -0.146. The number of hydrogen-bond donors (Lipinski definition) is 1. The van der Waals surface area contributed by atoms with Gasteiger partial charge in [0, 0.05) is 30.6 Å². The highest BCUT2D eigenvalue weighted by atomic mass is 19.1. The van der Waals surface area contributed by atoms with Crippen molar-refractivity contribution in [2.75, 3.05) is 13.7 Å². The second-order valence-corrected chi connectivity index (χ2v) is 8.09. The molecule has 1 saturated heterocycles. The third-order valence-electron chi connectivity index (χ3n) is 6.32. The van der Waals surface area contributed by atoms with E-state index in [1.807, 2.05) is 0 Å². The smallest absolute Gasteiger partial charge is 0.235 e. The van der Waals surface area contributed by atoms with E-state index in [4.69, 9.17) is 10.5 Å². The maximum absolute atomic E-state index is 15.1. The zero-order chi connectivity index (χ0) is 20.2. The van der Waals surface area contributed by atoms with Crippen molar-refractivity contribution in [3.63, 3.8) is 0 Å². The number of nitrogens with two attached hydrogens (primary N) is 1. The molecule has 1 saturated carbocycles. The van der Waals surface area contributed by atoms with E-state index in [0.717, 1.165) is 24.0 Å². The average molecular weight is 395 g/mol. The average Bonchev–Trinajstić information content (AvgIpc) is 3.58. The van der Waals surface area contributed by atoms with E-state index in [1.165, 1.54) is 17.3 Å². The fourth-order valence-electron chi connectivity index (χ4n) is 4.48. The minimum absolute atomic E-state index is 0.00812. The first-order valence-electron chi connectivity index (χ1n) is 9.79. The van der Waals surface area contributed by atoms with Crippen molar-refractivity contribution in [3.8, 4) is 11.1 Å². The van der Waals surface area contributed by atoms with Crippen LogP contribution in [0.4, 0.5) is 4.39 Å². The number of aromatic nitrogens is 2. The molecule has 29 heavy (non-hydrogen) atoms. The monoisotopic (exact) mass is 395 g/mol. The highest BCUT2D eigenvalue weighted by Gasteiger charge is 2.56. The summed E-state index contributed by atoms with van der Waals surface area (Å²) in [5, 5.41) is 0. The first kappa shape index (κ1) is 18.2. The van der Waals surface area contributed by atoms with Crippen LogP contribution in [-0.2, 0) is 15.1 Å².